The van der Waals surface area contributed by atoms with Crippen LogP contribution in [0.2, 0.25) is 0 Å². The molecule has 0 bridgehead atoms. The minimum Gasteiger partial charge on any atom is -0.313 e. The predicted octanol–water partition coefficient (Wildman–Crippen LogP) is 3.74. The molecule has 0 aromatic heterocycles. The van der Waals surface area contributed by atoms with E-state index in [-0.39, 0.29) is 0 Å². The number of nitrogens with one attached hydrogen (secondary N) is 1. The zero-order valence-corrected chi connectivity index (χ0v) is 10.5. The molecule has 1 N–H and O–H groups in total. The van der Waals surface area contributed by atoms with E-state index in [9.17, 15) is 0 Å². The van der Waals surface area contributed by atoms with Crippen LogP contribution in [0.25, 0.3) is 0 Å². The summed E-state index contributed by atoms with van der Waals surface area (Å²) >= 11 is 0. The van der Waals surface area contributed by atoms with Crippen LogP contribution in [-0.2, 0) is 0 Å². The lowest BCUT2D eigenvalue weighted by atomic mass is 9.67. The van der Waals surface area contributed by atoms with Crippen LogP contribution < -0.4 is 5.32 Å². The Hall–Kier alpha value is -0.0400. The first-order chi connectivity index (χ1) is 7.26. The van der Waals surface area contributed by atoms with Crippen molar-refractivity contribution in [2.75, 3.05) is 6.54 Å². The fourth-order valence-electron chi connectivity index (χ4n) is 3.55. The Bertz CT molecular complexity index is 190. The molecule has 2 aliphatic carbocycles. The highest BCUT2D eigenvalue weighted by atomic mass is 14.9. The monoisotopic (exact) mass is 209 g/mol. The van der Waals surface area contributed by atoms with Crippen LogP contribution in [0.4, 0.5) is 0 Å². The summed E-state index contributed by atoms with van der Waals surface area (Å²) in [6.07, 6.45) is 11.6. The van der Waals surface area contributed by atoms with Crippen LogP contribution in [-0.4, -0.2) is 12.6 Å². The van der Waals surface area contributed by atoms with Crippen LogP contribution in [0.15, 0.2) is 0 Å². The quantitative estimate of drug-likeness (QED) is 0.727. The third-order valence-corrected chi connectivity index (χ3v) is 4.73. The second-order valence-corrected chi connectivity index (χ2v) is 5.98. The van der Waals surface area contributed by atoms with Crippen molar-refractivity contribution >= 4 is 0 Å². The molecule has 0 aliphatic heterocycles. The Morgan fingerprint density at radius 2 is 1.87 bits per heavy atom. The first-order valence-electron chi connectivity index (χ1n) is 6.99. The molecule has 1 unspecified atom stereocenters. The van der Waals surface area contributed by atoms with Crippen molar-refractivity contribution in [3.63, 3.8) is 0 Å². The SMILES string of the molecule is CCCNC(C1CCC1)C1(C)CCCC1. The molecule has 2 aliphatic rings. The third kappa shape index (κ3) is 2.38. The molecule has 0 aromatic rings. The molecule has 0 radical (unpaired) electrons. The molecular weight excluding hydrogens is 182 g/mol. The van der Waals surface area contributed by atoms with Crippen molar-refractivity contribution in [2.45, 2.75) is 71.3 Å². The third-order valence-electron chi connectivity index (χ3n) is 4.73. The second-order valence-electron chi connectivity index (χ2n) is 5.98. The Labute approximate surface area is 95.0 Å². The van der Waals surface area contributed by atoms with Crippen molar-refractivity contribution in [1.82, 2.24) is 5.32 Å². The van der Waals surface area contributed by atoms with E-state index in [1.54, 1.807) is 0 Å². The van der Waals surface area contributed by atoms with Crippen LogP contribution >= 0.6 is 0 Å². The molecule has 2 fully saturated rings. The largest absolute Gasteiger partial charge is 0.313 e. The van der Waals surface area contributed by atoms with Gasteiger partial charge in [-0.2, -0.15) is 0 Å². The van der Waals surface area contributed by atoms with Gasteiger partial charge in [-0.1, -0.05) is 33.1 Å². The standard InChI is InChI=1S/C14H27N/c1-3-11-15-13(12-7-6-8-12)14(2)9-4-5-10-14/h12-13,15H,3-11H2,1-2H3. The van der Waals surface area contributed by atoms with E-state index in [2.05, 4.69) is 19.2 Å². The van der Waals surface area contributed by atoms with Gasteiger partial charge in [-0.05, 0) is 50.0 Å². The molecule has 2 saturated carbocycles. The van der Waals surface area contributed by atoms with Crippen LogP contribution in [0.1, 0.15) is 65.2 Å². The molecule has 1 nitrogen and oxygen atoms in total. The summed E-state index contributed by atoms with van der Waals surface area (Å²) in [5, 5.41) is 3.85. The van der Waals surface area contributed by atoms with Crippen molar-refractivity contribution < 1.29 is 0 Å². The maximum absolute atomic E-state index is 3.85. The molecular formula is C14H27N. The van der Waals surface area contributed by atoms with E-state index in [0.717, 1.165) is 12.0 Å². The van der Waals surface area contributed by atoms with Gasteiger partial charge in [0.05, 0.1) is 0 Å². The van der Waals surface area contributed by atoms with Gasteiger partial charge in [0.1, 0.15) is 0 Å². The average molecular weight is 209 g/mol. The molecule has 15 heavy (non-hydrogen) atoms. The average Bonchev–Trinajstić information content (AvgIpc) is 2.57. The van der Waals surface area contributed by atoms with Gasteiger partial charge in [-0.25, -0.2) is 0 Å². The zero-order chi connectivity index (χ0) is 10.7. The number of hydrogen-bond acceptors (Lipinski definition) is 1. The lowest BCUT2D eigenvalue weighted by Gasteiger charge is -2.44. The van der Waals surface area contributed by atoms with E-state index in [4.69, 9.17) is 0 Å². The van der Waals surface area contributed by atoms with Gasteiger partial charge in [0.2, 0.25) is 0 Å². The zero-order valence-electron chi connectivity index (χ0n) is 10.5. The Morgan fingerprint density at radius 3 is 2.33 bits per heavy atom. The molecule has 2 rings (SSSR count). The molecule has 88 valence electrons. The van der Waals surface area contributed by atoms with Crippen LogP contribution in [0.5, 0.6) is 0 Å². The Balaban J connectivity index is 1.96. The molecule has 1 atom stereocenters. The molecule has 0 heterocycles. The summed E-state index contributed by atoms with van der Waals surface area (Å²) < 4.78 is 0. The number of hydrogen-bond donors (Lipinski definition) is 1. The molecule has 0 spiro atoms. The second kappa shape index (κ2) is 4.86. The molecule has 0 saturated heterocycles. The normalized spacial score (nSPS) is 27.6. The van der Waals surface area contributed by atoms with Crippen molar-refractivity contribution in [2.24, 2.45) is 11.3 Å². The molecule has 0 aromatic carbocycles. The summed E-state index contributed by atoms with van der Waals surface area (Å²) in [4.78, 5) is 0. The summed E-state index contributed by atoms with van der Waals surface area (Å²) in [6, 6.07) is 0.827. The smallest absolute Gasteiger partial charge is 0.0149 e. The number of rotatable bonds is 5. The highest BCUT2D eigenvalue weighted by Crippen LogP contribution is 2.46. The van der Waals surface area contributed by atoms with Crippen LogP contribution in [0, 0.1) is 11.3 Å². The predicted molar refractivity (Wildman–Crippen MR) is 66.0 cm³/mol. The topological polar surface area (TPSA) is 12.0 Å². The first-order valence-corrected chi connectivity index (χ1v) is 6.99. The van der Waals surface area contributed by atoms with Gasteiger partial charge in [-0.3, -0.25) is 0 Å². The van der Waals surface area contributed by atoms with E-state index in [1.165, 1.54) is 57.9 Å². The van der Waals surface area contributed by atoms with Gasteiger partial charge in [0.25, 0.3) is 0 Å². The fourth-order valence-corrected chi connectivity index (χ4v) is 3.55. The van der Waals surface area contributed by atoms with Gasteiger partial charge in [0, 0.05) is 6.04 Å². The Morgan fingerprint density at radius 1 is 1.20 bits per heavy atom. The summed E-state index contributed by atoms with van der Waals surface area (Å²) in [5.41, 5.74) is 0.625. The maximum atomic E-state index is 3.85. The minimum absolute atomic E-state index is 0.625. The Kier molecular flexibility index (Phi) is 3.71. The van der Waals surface area contributed by atoms with Gasteiger partial charge in [0.15, 0.2) is 0 Å². The van der Waals surface area contributed by atoms with Gasteiger partial charge in [-0.15, -0.1) is 0 Å². The maximum Gasteiger partial charge on any atom is 0.0149 e. The molecule has 1 heteroatoms. The van der Waals surface area contributed by atoms with Gasteiger partial charge < -0.3 is 5.32 Å². The lowest BCUT2D eigenvalue weighted by molar-refractivity contribution is 0.108. The van der Waals surface area contributed by atoms with E-state index >= 15 is 0 Å². The summed E-state index contributed by atoms with van der Waals surface area (Å²) in [7, 11) is 0. The van der Waals surface area contributed by atoms with E-state index < -0.39 is 0 Å². The highest BCUT2D eigenvalue weighted by Gasteiger charge is 2.42. The van der Waals surface area contributed by atoms with Crippen molar-refractivity contribution in [1.29, 1.82) is 0 Å². The highest BCUT2D eigenvalue weighted by molar-refractivity contribution is 4.97. The van der Waals surface area contributed by atoms with E-state index in [0.29, 0.717) is 5.41 Å². The van der Waals surface area contributed by atoms with Crippen LogP contribution in [0.3, 0.4) is 0 Å². The molecule has 0 amide bonds. The summed E-state index contributed by atoms with van der Waals surface area (Å²) in [5.74, 6) is 1.000. The van der Waals surface area contributed by atoms with Crippen molar-refractivity contribution in [3.8, 4) is 0 Å². The van der Waals surface area contributed by atoms with Crippen molar-refractivity contribution in [3.05, 3.63) is 0 Å². The first kappa shape index (κ1) is 11.4. The summed E-state index contributed by atoms with van der Waals surface area (Å²) in [6.45, 7) is 6.03. The lowest BCUT2D eigenvalue weighted by Crippen LogP contribution is -2.49. The minimum atomic E-state index is 0.625. The van der Waals surface area contributed by atoms with Gasteiger partial charge >= 0.3 is 0 Å². The fraction of sp³-hybridized carbons (Fsp3) is 1.00. The van der Waals surface area contributed by atoms with E-state index in [1.807, 2.05) is 0 Å².